The van der Waals surface area contributed by atoms with Crippen LogP contribution in [0.5, 0.6) is 0 Å². The molecule has 25 heavy (non-hydrogen) atoms. The summed E-state index contributed by atoms with van der Waals surface area (Å²) in [4.78, 5) is 40.5. The summed E-state index contributed by atoms with van der Waals surface area (Å²) >= 11 is 0. The zero-order valence-corrected chi connectivity index (χ0v) is 15.4. The summed E-state index contributed by atoms with van der Waals surface area (Å²) in [6.45, 7) is 3.71. The SMILES string of the molecule is CNC(=O)C1CC(=O)N(C2CN(C(=O)C3(C)CCC(OC)CC3)C2)C1. The minimum Gasteiger partial charge on any atom is -0.381 e. The number of ether oxygens (including phenoxy) is 1. The van der Waals surface area contributed by atoms with Crippen LogP contribution in [0, 0.1) is 11.3 Å². The smallest absolute Gasteiger partial charge is 0.228 e. The van der Waals surface area contributed by atoms with Gasteiger partial charge in [-0.25, -0.2) is 0 Å². The summed E-state index contributed by atoms with van der Waals surface area (Å²) in [6.07, 6.45) is 4.11. The van der Waals surface area contributed by atoms with E-state index in [0.29, 0.717) is 19.6 Å². The Hall–Kier alpha value is -1.63. The van der Waals surface area contributed by atoms with E-state index in [2.05, 4.69) is 12.2 Å². The van der Waals surface area contributed by atoms with Crippen molar-refractivity contribution in [3.05, 3.63) is 0 Å². The molecule has 2 heterocycles. The zero-order chi connectivity index (χ0) is 18.2. The Labute approximate surface area is 149 Å². The summed E-state index contributed by atoms with van der Waals surface area (Å²) in [5.41, 5.74) is -0.306. The van der Waals surface area contributed by atoms with Crippen molar-refractivity contribution in [1.29, 1.82) is 0 Å². The minimum absolute atomic E-state index is 0.0255. The van der Waals surface area contributed by atoms with Crippen molar-refractivity contribution in [2.75, 3.05) is 33.8 Å². The van der Waals surface area contributed by atoms with Crippen LogP contribution in [-0.4, -0.2) is 73.5 Å². The highest BCUT2D eigenvalue weighted by Gasteiger charge is 2.47. The van der Waals surface area contributed by atoms with Crippen LogP contribution >= 0.6 is 0 Å². The predicted octanol–water partition coefficient (Wildman–Crippen LogP) is 0.387. The number of nitrogens with one attached hydrogen (secondary N) is 1. The first-order chi connectivity index (χ1) is 11.9. The Kier molecular flexibility index (Phi) is 5.04. The van der Waals surface area contributed by atoms with Gasteiger partial charge in [-0.1, -0.05) is 6.92 Å². The van der Waals surface area contributed by atoms with Crippen molar-refractivity contribution in [2.24, 2.45) is 11.3 Å². The summed E-state index contributed by atoms with van der Waals surface area (Å²) in [5.74, 6) is -0.111. The molecule has 7 nitrogen and oxygen atoms in total. The number of hydrogen-bond donors (Lipinski definition) is 1. The molecular formula is C18H29N3O4. The Bertz CT molecular complexity index is 551. The highest BCUT2D eigenvalue weighted by atomic mass is 16.5. The molecule has 1 N–H and O–H groups in total. The van der Waals surface area contributed by atoms with E-state index in [1.807, 2.05) is 4.90 Å². The molecule has 7 heteroatoms. The van der Waals surface area contributed by atoms with E-state index in [9.17, 15) is 14.4 Å². The van der Waals surface area contributed by atoms with Crippen LogP contribution in [0.1, 0.15) is 39.0 Å². The van der Waals surface area contributed by atoms with Gasteiger partial charge >= 0.3 is 0 Å². The number of likely N-dealkylation sites (tertiary alicyclic amines) is 2. The van der Waals surface area contributed by atoms with Crippen molar-refractivity contribution >= 4 is 17.7 Å². The number of rotatable bonds is 4. The maximum absolute atomic E-state index is 12.9. The molecule has 0 aromatic carbocycles. The van der Waals surface area contributed by atoms with E-state index < -0.39 is 0 Å². The van der Waals surface area contributed by atoms with E-state index in [-0.39, 0.29) is 47.6 Å². The monoisotopic (exact) mass is 351 g/mol. The van der Waals surface area contributed by atoms with Crippen LogP contribution in [0.25, 0.3) is 0 Å². The number of carbonyl (C=O) groups is 3. The largest absolute Gasteiger partial charge is 0.381 e. The molecule has 140 valence electrons. The number of amides is 3. The van der Waals surface area contributed by atoms with Crippen LogP contribution in [0.2, 0.25) is 0 Å². The molecule has 2 saturated heterocycles. The molecule has 3 aliphatic rings. The lowest BCUT2D eigenvalue weighted by atomic mass is 9.73. The van der Waals surface area contributed by atoms with Crippen LogP contribution in [0.15, 0.2) is 0 Å². The second-order valence-corrected chi connectivity index (χ2v) is 7.92. The fourth-order valence-electron chi connectivity index (χ4n) is 4.34. The van der Waals surface area contributed by atoms with Gasteiger partial charge < -0.3 is 19.9 Å². The third-order valence-electron chi connectivity index (χ3n) is 6.25. The van der Waals surface area contributed by atoms with E-state index >= 15 is 0 Å². The van der Waals surface area contributed by atoms with E-state index in [4.69, 9.17) is 4.74 Å². The van der Waals surface area contributed by atoms with Gasteiger partial charge in [0.1, 0.15) is 0 Å². The van der Waals surface area contributed by atoms with Crippen molar-refractivity contribution in [3.63, 3.8) is 0 Å². The lowest BCUT2D eigenvalue weighted by Gasteiger charge is -2.48. The van der Waals surface area contributed by atoms with Gasteiger partial charge in [-0.05, 0) is 25.7 Å². The molecule has 3 rings (SSSR count). The molecule has 3 amide bonds. The highest BCUT2D eigenvalue weighted by Crippen LogP contribution is 2.40. The summed E-state index contributed by atoms with van der Waals surface area (Å²) in [5, 5.41) is 2.61. The van der Waals surface area contributed by atoms with Crippen LogP contribution in [0.3, 0.4) is 0 Å². The maximum Gasteiger partial charge on any atom is 0.228 e. The Morgan fingerprint density at radius 1 is 1.20 bits per heavy atom. The number of carbonyl (C=O) groups excluding carboxylic acids is 3. The molecule has 1 unspecified atom stereocenters. The third-order valence-corrected chi connectivity index (χ3v) is 6.25. The molecule has 2 aliphatic heterocycles. The lowest BCUT2D eigenvalue weighted by Crippen LogP contribution is -2.64. The maximum atomic E-state index is 12.9. The second kappa shape index (κ2) is 6.94. The molecule has 0 aromatic heterocycles. The first-order valence-electron chi connectivity index (χ1n) is 9.21. The van der Waals surface area contributed by atoms with Gasteiger partial charge in [0, 0.05) is 45.6 Å². The first kappa shape index (κ1) is 18.2. The van der Waals surface area contributed by atoms with Crippen molar-refractivity contribution in [2.45, 2.75) is 51.2 Å². The minimum atomic E-state index is -0.306. The molecule has 0 bridgehead atoms. The van der Waals surface area contributed by atoms with Gasteiger partial charge in [-0.2, -0.15) is 0 Å². The quantitative estimate of drug-likeness (QED) is 0.795. The van der Waals surface area contributed by atoms with E-state index in [0.717, 1.165) is 25.7 Å². The normalized spacial score (nSPS) is 33.3. The van der Waals surface area contributed by atoms with E-state index in [1.165, 1.54) is 0 Å². The van der Waals surface area contributed by atoms with Gasteiger partial charge in [0.2, 0.25) is 17.7 Å². The third kappa shape index (κ3) is 3.38. The van der Waals surface area contributed by atoms with Crippen LogP contribution in [0.4, 0.5) is 0 Å². The fourth-order valence-corrected chi connectivity index (χ4v) is 4.34. The van der Waals surface area contributed by atoms with Crippen molar-refractivity contribution in [1.82, 2.24) is 15.1 Å². The first-order valence-corrected chi connectivity index (χ1v) is 9.21. The van der Waals surface area contributed by atoms with Crippen molar-refractivity contribution in [3.8, 4) is 0 Å². The topological polar surface area (TPSA) is 79.0 Å². The van der Waals surface area contributed by atoms with Crippen LogP contribution in [-0.2, 0) is 19.1 Å². The average molecular weight is 351 g/mol. The highest BCUT2D eigenvalue weighted by molar-refractivity contribution is 5.89. The zero-order valence-electron chi connectivity index (χ0n) is 15.4. The molecule has 0 spiro atoms. The molecule has 1 aliphatic carbocycles. The summed E-state index contributed by atoms with van der Waals surface area (Å²) in [6, 6.07) is 0.0602. The van der Waals surface area contributed by atoms with Gasteiger partial charge in [0.25, 0.3) is 0 Å². The molecule has 3 fully saturated rings. The average Bonchev–Trinajstić information content (AvgIpc) is 2.95. The summed E-state index contributed by atoms with van der Waals surface area (Å²) in [7, 11) is 3.33. The predicted molar refractivity (Wildman–Crippen MR) is 91.6 cm³/mol. The van der Waals surface area contributed by atoms with Crippen molar-refractivity contribution < 1.29 is 19.1 Å². The number of hydrogen-bond acceptors (Lipinski definition) is 4. The molecule has 1 saturated carbocycles. The molecule has 1 atom stereocenters. The Morgan fingerprint density at radius 3 is 2.40 bits per heavy atom. The number of methoxy groups -OCH3 is 1. The van der Waals surface area contributed by atoms with E-state index in [1.54, 1.807) is 19.1 Å². The molecule has 0 radical (unpaired) electrons. The molecular weight excluding hydrogens is 322 g/mol. The molecule has 0 aromatic rings. The number of nitrogens with zero attached hydrogens (tertiary/aromatic N) is 2. The second-order valence-electron chi connectivity index (χ2n) is 7.92. The Morgan fingerprint density at radius 2 is 1.84 bits per heavy atom. The van der Waals surface area contributed by atoms with Crippen LogP contribution < -0.4 is 5.32 Å². The van der Waals surface area contributed by atoms with Gasteiger partial charge in [0.15, 0.2) is 0 Å². The summed E-state index contributed by atoms with van der Waals surface area (Å²) < 4.78 is 5.40. The van der Waals surface area contributed by atoms with Gasteiger partial charge in [0.05, 0.1) is 18.1 Å². The Balaban J connectivity index is 1.51. The van der Waals surface area contributed by atoms with Gasteiger partial charge in [-0.15, -0.1) is 0 Å². The standard InChI is InChI=1S/C18H29N3O4/c1-18(6-4-14(25-3)5-7-18)17(24)20-10-13(11-20)21-9-12(8-15(21)22)16(23)19-2/h12-14H,4-11H2,1-3H3,(H,19,23). The lowest BCUT2D eigenvalue weighted by molar-refractivity contribution is -0.155. The fraction of sp³-hybridized carbons (Fsp3) is 0.833. The van der Waals surface area contributed by atoms with Gasteiger partial charge in [-0.3, -0.25) is 14.4 Å².